The predicted molar refractivity (Wildman–Crippen MR) is 120 cm³/mol. The molecule has 0 radical (unpaired) electrons. The summed E-state index contributed by atoms with van der Waals surface area (Å²) in [6.07, 6.45) is 0.872. The van der Waals surface area contributed by atoms with Crippen LogP contribution in [0.5, 0.6) is 5.75 Å². The van der Waals surface area contributed by atoms with Gasteiger partial charge in [0.25, 0.3) is 0 Å². The highest BCUT2D eigenvalue weighted by atomic mass is 35.5. The number of benzene rings is 2. The van der Waals surface area contributed by atoms with E-state index in [1.165, 1.54) is 7.11 Å². The van der Waals surface area contributed by atoms with Crippen LogP contribution in [0.3, 0.4) is 0 Å². The lowest BCUT2D eigenvalue weighted by molar-refractivity contribution is -0.148. The number of carbonyl (C=O) groups excluding carboxylic acids is 2. The average molecular weight is 463 g/mol. The van der Waals surface area contributed by atoms with E-state index in [-0.39, 0.29) is 18.4 Å². The minimum atomic E-state index is -0.837. The predicted octanol–water partition coefficient (Wildman–Crippen LogP) is 4.17. The smallest absolute Gasteiger partial charge is 0.348 e. The molecule has 6 nitrogen and oxygen atoms in total. The molecule has 0 aromatic heterocycles. The average Bonchev–Trinajstić information content (AvgIpc) is 2.79. The van der Waals surface area contributed by atoms with Crippen molar-refractivity contribution in [3.8, 4) is 5.75 Å². The summed E-state index contributed by atoms with van der Waals surface area (Å²) in [5.74, 6) is -0.158. The van der Waals surface area contributed by atoms with Crippen molar-refractivity contribution in [1.82, 2.24) is 4.90 Å². The summed E-state index contributed by atoms with van der Waals surface area (Å²) in [6, 6.07) is 12.8. The van der Waals surface area contributed by atoms with E-state index >= 15 is 0 Å². The van der Waals surface area contributed by atoms with Gasteiger partial charge in [0.15, 0.2) is 0 Å². The van der Waals surface area contributed by atoms with Crippen LogP contribution in [0.4, 0.5) is 5.69 Å². The third-order valence-corrected chi connectivity index (χ3v) is 6.35. The zero-order chi connectivity index (χ0) is 22.0. The number of fused-ring (bicyclic) bond motifs is 1. The molecule has 1 amide bonds. The zero-order valence-corrected chi connectivity index (χ0v) is 18.7. The maximum absolute atomic E-state index is 13.5. The first-order valence-corrected chi connectivity index (χ1v) is 11.0. The normalized spacial score (nSPS) is 21.2. The van der Waals surface area contributed by atoms with Crippen molar-refractivity contribution in [2.75, 3.05) is 31.6 Å². The number of anilines is 1. The van der Waals surface area contributed by atoms with Crippen molar-refractivity contribution < 1.29 is 19.1 Å². The number of nitrogens with zero attached hydrogens (tertiary/aromatic N) is 2. The monoisotopic (exact) mass is 462 g/mol. The van der Waals surface area contributed by atoms with Crippen LogP contribution in [0.1, 0.15) is 18.4 Å². The molecule has 1 fully saturated rings. The lowest BCUT2D eigenvalue weighted by Crippen LogP contribution is -2.51. The molecule has 2 atom stereocenters. The molecular weight excluding hydrogens is 439 g/mol. The van der Waals surface area contributed by atoms with E-state index in [0.717, 1.165) is 24.9 Å². The standard InChI is InChI=1S/C23H24Cl2N2O4/c1-30-23(29)21-14-27(19-6-2-3-7-20(19)31-21)22(28)16-5-4-10-26(13-16)12-15-8-9-17(24)11-18(15)25/h2-3,6-9,11,16,21H,4-5,10,12-14H2,1H3/t16-,21+/m1/s1. The Kier molecular flexibility index (Phi) is 6.70. The number of methoxy groups -OCH3 is 1. The summed E-state index contributed by atoms with van der Waals surface area (Å²) in [7, 11) is 1.32. The molecule has 2 aromatic carbocycles. The van der Waals surface area contributed by atoms with Gasteiger partial charge in [-0.1, -0.05) is 41.4 Å². The van der Waals surface area contributed by atoms with Crippen molar-refractivity contribution in [3.05, 3.63) is 58.1 Å². The molecule has 2 aromatic rings. The molecule has 0 saturated carbocycles. The highest BCUT2D eigenvalue weighted by Gasteiger charge is 2.38. The second kappa shape index (κ2) is 9.47. The molecule has 2 aliphatic rings. The summed E-state index contributed by atoms with van der Waals surface area (Å²) >= 11 is 12.3. The van der Waals surface area contributed by atoms with Crippen LogP contribution >= 0.6 is 23.2 Å². The van der Waals surface area contributed by atoms with Gasteiger partial charge in [0.05, 0.1) is 25.3 Å². The molecule has 8 heteroatoms. The molecular formula is C23H24Cl2N2O4. The Labute approximate surface area is 191 Å². The minimum absolute atomic E-state index is 0.00319. The van der Waals surface area contributed by atoms with Gasteiger partial charge in [0, 0.05) is 23.1 Å². The van der Waals surface area contributed by atoms with Gasteiger partial charge in [0.1, 0.15) is 5.75 Å². The fourth-order valence-corrected chi connectivity index (χ4v) is 4.68. The molecule has 0 spiro atoms. The minimum Gasteiger partial charge on any atom is -0.475 e. The molecule has 164 valence electrons. The van der Waals surface area contributed by atoms with Gasteiger partial charge in [0.2, 0.25) is 12.0 Å². The summed E-state index contributed by atoms with van der Waals surface area (Å²) < 4.78 is 10.6. The maximum atomic E-state index is 13.5. The number of hydrogen-bond acceptors (Lipinski definition) is 5. The van der Waals surface area contributed by atoms with E-state index in [1.807, 2.05) is 30.3 Å². The van der Waals surface area contributed by atoms with Gasteiger partial charge in [-0.3, -0.25) is 9.69 Å². The molecule has 0 aliphatic carbocycles. The second-order valence-corrected chi connectivity index (χ2v) is 8.70. The topological polar surface area (TPSA) is 59.1 Å². The number of rotatable bonds is 4. The van der Waals surface area contributed by atoms with Crippen molar-refractivity contribution in [3.63, 3.8) is 0 Å². The largest absolute Gasteiger partial charge is 0.475 e. The first kappa shape index (κ1) is 21.9. The van der Waals surface area contributed by atoms with E-state index in [2.05, 4.69) is 4.90 Å². The van der Waals surface area contributed by atoms with Crippen LogP contribution in [-0.4, -0.2) is 49.6 Å². The van der Waals surface area contributed by atoms with E-state index < -0.39 is 12.1 Å². The lowest BCUT2D eigenvalue weighted by Gasteiger charge is -2.38. The number of likely N-dealkylation sites (tertiary alicyclic amines) is 1. The Balaban J connectivity index is 1.50. The Morgan fingerprint density at radius 3 is 2.74 bits per heavy atom. The molecule has 31 heavy (non-hydrogen) atoms. The van der Waals surface area contributed by atoms with Crippen LogP contribution in [0.2, 0.25) is 10.0 Å². The Morgan fingerprint density at radius 1 is 1.16 bits per heavy atom. The molecule has 1 saturated heterocycles. The summed E-state index contributed by atoms with van der Waals surface area (Å²) in [6.45, 7) is 2.32. The van der Waals surface area contributed by atoms with Crippen molar-refractivity contribution in [2.45, 2.75) is 25.5 Å². The van der Waals surface area contributed by atoms with Gasteiger partial charge >= 0.3 is 5.97 Å². The van der Waals surface area contributed by atoms with Gasteiger partial charge in [-0.25, -0.2) is 4.79 Å². The molecule has 2 aliphatic heterocycles. The fraction of sp³-hybridized carbons (Fsp3) is 0.391. The molecule has 0 bridgehead atoms. The first-order chi connectivity index (χ1) is 15.0. The quantitative estimate of drug-likeness (QED) is 0.638. The summed E-state index contributed by atoms with van der Waals surface area (Å²) in [5.41, 5.74) is 1.67. The van der Waals surface area contributed by atoms with Crippen LogP contribution < -0.4 is 9.64 Å². The Morgan fingerprint density at radius 2 is 1.97 bits per heavy atom. The third-order valence-electron chi connectivity index (χ3n) is 5.77. The molecule has 2 heterocycles. The number of hydrogen-bond donors (Lipinski definition) is 0. The number of piperidine rings is 1. The van der Waals surface area contributed by atoms with E-state index in [0.29, 0.717) is 34.6 Å². The number of halogens is 2. The van der Waals surface area contributed by atoms with Crippen LogP contribution in [-0.2, 0) is 20.9 Å². The number of esters is 1. The second-order valence-electron chi connectivity index (χ2n) is 7.86. The SMILES string of the molecule is COC(=O)[C@@H]1CN(C(=O)[C@@H]2CCCN(Cc3ccc(Cl)cc3Cl)C2)c2ccccc2O1. The van der Waals surface area contributed by atoms with Crippen molar-refractivity contribution in [2.24, 2.45) is 5.92 Å². The third kappa shape index (κ3) is 4.81. The van der Waals surface area contributed by atoms with Crippen molar-refractivity contribution in [1.29, 1.82) is 0 Å². The summed E-state index contributed by atoms with van der Waals surface area (Å²) in [4.78, 5) is 29.6. The number of amides is 1. The van der Waals surface area contributed by atoms with Gasteiger partial charge in [-0.15, -0.1) is 0 Å². The van der Waals surface area contributed by atoms with E-state index in [4.69, 9.17) is 32.7 Å². The Hall–Kier alpha value is -2.28. The summed E-state index contributed by atoms with van der Waals surface area (Å²) in [5, 5.41) is 1.23. The van der Waals surface area contributed by atoms with Gasteiger partial charge < -0.3 is 14.4 Å². The highest BCUT2D eigenvalue weighted by Crippen LogP contribution is 2.35. The van der Waals surface area contributed by atoms with E-state index in [9.17, 15) is 9.59 Å². The lowest BCUT2D eigenvalue weighted by atomic mass is 9.95. The maximum Gasteiger partial charge on any atom is 0.348 e. The number of ether oxygens (including phenoxy) is 2. The number of para-hydroxylation sites is 2. The molecule has 4 rings (SSSR count). The van der Waals surface area contributed by atoms with E-state index in [1.54, 1.807) is 17.0 Å². The van der Waals surface area contributed by atoms with Crippen LogP contribution in [0.25, 0.3) is 0 Å². The number of carbonyl (C=O) groups is 2. The van der Waals surface area contributed by atoms with Gasteiger partial charge in [-0.05, 0) is 49.2 Å². The molecule has 0 N–H and O–H groups in total. The first-order valence-electron chi connectivity index (χ1n) is 10.3. The zero-order valence-electron chi connectivity index (χ0n) is 17.2. The van der Waals surface area contributed by atoms with Crippen LogP contribution in [0.15, 0.2) is 42.5 Å². The Bertz CT molecular complexity index is 984. The molecule has 0 unspecified atom stereocenters. The highest BCUT2D eigenvalue weighted by molar-refractivity contribution is 6.35. The fourth-order valence-electron chi connectivity index (χ4n) is 4.21. The van der Waals surface area contributed by atoms with Crippen LogP contribution in [0, 0.1) is 5.92 Å². The van der Waals surface area contributed by atoms with Gasteiger partial charge in [-0.2, -0.15) is 0 Å². The van der Waals surface area contributed by atoms with Crippen molar-refractivity contribution >= 4 is 40.8 Å².